The molecule has 0 aliphatic rings. The Hall–Kier alpha value is -1.40. The van der Waals surface area contributed by atoms with Crippen LogP contribution in [-0.2, 0) is 9.59 Å². The Bertz CT molecular complexity index is 310. The predicted octanol–water partition coefficient (Wildman–Crippen LogP) is 0.0278. The van der Waals surface area contributed by atoms with Crippen molar-refractivity contribution in [1.29, 1.82) is 0 Å². The average Bonchev–Trinajstić information content (AvgIpc) is 2.59. The molecular formula is C18H38N2O4. The summed E-state index contributed by atoms with van der Waals surface area (Å²) in [5, 5.41) is 18.8. The highest BCUT2D eigenvalue weighted by Crippen LogP contribution is 1.98. The summed E-state index contributed by atoms with van der Waals surface area (Å²) in [4.78, 5) is 18.8. The molecule has 0 spiro atoms. The van der Waals surface area contributed by atoms with Gasteiger partial charge in [-0.1, -0.05) is 0 Å². The van der Waals surface area contributed by atoms with Crippen molar-refractivity contribution in [1.82, 2.24) is 0 Å². The molecule has 144 valence electrons. The van der Waals surface area contributed by atoms with E-state index < -0.39 is 11.9 Å². The van der Waals surface area contributed by atoms with E-state index in [2.05, 4.69) is 55.6 Å². The third kappa shape index (κ3) is 17.0. The number of nitrogens with zero attached hydrogens (tertiary/aromatic N) is 2. The van der Waals surface area contributed by atoms with E-state index in [-0.39, 0.29) is 0 Å². The van der Waals surface area contributed by atoms with Crippen LogP contribution in [-0.4, -0.2) is 74.3 Å². The Kier molecular flexibility index (Phi) is 17.3. The average molecular weight is 347 g/mol. The molecular weight excluding hydrogens is 308 g/mol. The van der Waals surface area contributed by atoms with E-state index in [1.807, 2.05) is 0 Å². The van der Waals surface area contributed by atoms with Gasteiger partial charge in [0, 0.05) is 0 Å². The number of aliphatic carboxylic acids is 2. The molecule has 0 heterocycles. The quantitative estimate of drug-likeness (QED) is 0.459. The minimum atomic E-state index is -1.55. The van der Waals surface area contributed by atoms with Crippen molar-refractivity contribution in [3.63, 3.8) is 0 Å². The molecule has 24 heavy (non-hydrogen) atoms. The fraction of sp³-hybridized carbons (Fsp3) is 0.778. The van der Waals surface area contributed by atoms with Gasteiger partial charge in [-0.15, -0.1) is 0 Å². The molecule has 0 saturated heterocycles. The molecule has 0 rings (SSSR count). The molecule has 0 aromatic rings. The van der Waals surface area contributed by atoms with Crippen molar-refractivity contribution in [3.8, 4) is 0 Å². The second-order valence-corrected chi connectivity index (χ2v) is 6.11. The molecule has 0 aromatic carbocycles. The molecule has 0 saturated carbocycles. The van der Waals surface area contributed by atoms with Crippen molar-refractivity contribution < 1.29 is 28.8 Å². The maximum absolute atomic E-state index is 9.41. The highest BCUT2D eigenvalue weighted by molar-refractivity contribution is 5.87. The topological polar surface area (TPSA) is 80.3 Å². The Morgan fingerprint density at radius 2 is 0.792 bits per heavy atom. The molecule has 0 aromatic heterocycles. The van der Waals surface area contributed by atoms with Crippen LogP contribution in [0.5, 0.6) is 0 Å². The van der Waals surface area contributed by atoms with Gasteiger partial charge < -0.3 is 28.8 Å². The number of carbonyl (C=O) groups is 2. The lowest BCUT2D eigenvalue weighted by atomic mass is 10.4. The van der Waals surface area contributed by atoms with Crippen LogP contribution in [0.1, 0.15) is 41.5 Å². The van der Waals surface area contributed by atoms with Crippen molar-refractivity contribution in [2.45, 2.75) is 41.5 Å². The fourth-order valence-corrected chi connectivity index (χ4v) is 1.48. The van der Waals surface area contributed by atoms with Crippen LogP contribution in [0.15, 0.2) is 12.2 Å². The number of carboxylic acid groups (broad SMARTS) is 2. The summed E-state index contributed by atoms with van der Waals surface area (Å²) >= 11 is 0. The lowest BCUT2D eigenvalue weighted by Gasteiger charge is -2.30. The van der Waals surface area contributed by atoms with Gasteiger partial charge in [-0.2, -0.15) is 0 Å². The van der Waals surface area contributed by atoms with Crippen molar-refractivity contribution in [2.24, 2.45) is 0 Å². The molecule has 0 atom stereocenters. The van der Waals surface area contributed by atoms with Crippen LogP contribution in [0.25, 0.3) is 0 Å². The van der Waals surface area contributed by atoms with Gasteiger partial charge in [0.2, 0.25) is 0 Å². The van der Waals surface area contributed by atoms with E-state index in [1.165, 1.54) is 48.2 Å². The molecule has 6 heteroatoms. The van der Waals surface area contributed by atoms with Gasteiger partial charge in [-0.05, 0) is 53.7 Å². The van der Waals surface area contributed by atoms with Crippen molar-refractivity contribution in [3.05, 3.63) is 12.2 Å². The highest BCUT2D eigenvalue weighted by Gasteiger charge is 2.11. The first-order valence-corrected chi connectivity index (χ1v) is 8.76. The Morgan fingerprint density at radius 1 is 0.625 bits per heavy atom. The van der Waals surface area contributed by atoms with Crippen LogP contribution in [0.2, 0.25) is 0 Å². The van der Waals surface area contributed by atoms with E-state index in [0.717, 1.165) is 0 Å². The minimum absolute atomic E-state index is 0.384. The zero-order valence-electron chi connectivity index (χ0n) is 16.9. The van der Waals surface area contributed by atoms with Crippen LogP contribution in [0.3, 0.4) is 0 Å². The van der Waals surface area contributed by atoms with Crippen LogP contribution < -0.4 is 10.2 Å². The summed E-state index contributed by atoms with van der Waals surface area (Å²) in [5.41, 5.74) is 0. The van der Waals surface area contributed by atoms with Gasteiger partial charge in [0.05, 0.1) is 65.3 Å². The van der Waals surface area contributed by atoms with E-state index in [0.29, 0.717) is 12.2 Å². The minimum Gasteiger partial charge on any atom is -0.545 e. The maximum Gasteiger partial charge on any atom is 0.0755 e. The van der Waals surface area contributed by atoms with Crippen LogP contribution >= 0.6 is 0 Å². The highest BCUT2D eigenvalue weighted by atomic mass is 16.4. The summed E-state index contributed by atoms with van der Waals surface area (Å²) < 4.78 is 2.42. The number of carbonyl (C=O) groups excluding carboxylic acids is 2. The van der Waals surface area contributed by atoms with Crippen molar-refractivity contribution in [2.75, 3.05) is 53.4 Å². The van der Waals surface area contributed by atoms with Gasteiger partial charge in [-0.3, -0.25) is 0 Å². The second-order valence-electron chi connectivity index (χ2n) is 6.11. The van der Waals surface area contributed by atoms with Gasteiger partial charge >= 0.3 is 0 Å². The predicted molar refractivity (Wildman–Crippen MR) is 94.8 cm³/mol. The Morgan fingerprint density at radius 3 is 0.833 bits per heavy atom. The number of carboxylic acids is 2. The molecule has 0 N–H and O–H groups in total. The molecule has 0 aliphatic carbocycles. The standard InChI is InChI=1S/2C7H18N.C4H4O4/c2*1-5-8(4,6-2)7-3;5-3(6)1-2-4(7)8/h2*5-7H2,1-4H3;1-2H,(H,5,6)(H,7,8)/q2*+1;/p-2. The van der Waals surface area contributed by atoms with Crippen LogP contribution in [0, 0.1) is 0 Å². The van der Waals surface area contributed by atoms with Crippen LogP contribution in [0.4, 0.5) is 0 Å². The zero-order valence-corrected chi connectivity index (χ0v) is 16.9. The number of hydrogen-bond donors (Lipinski definition) is 0. The van der Waals surface area contributed by atoms with E-state index in [9.17, 15) is 19.8 Å². The molecule has 0 fully saturated rings. The zero-order chi connectivity index (χ0) is 19.8. The summed E-state index contributed by atoms with van der Waals surface area (Å²) in [7, 11) is 4.58. The summed E-state index contributed by atoms with van der Waals surface area (Å²) in [6, 6.07) is 0. The van der Waals surface area contributed by atoms with Gasteiger partial charge in [0.25, 0.3) is 0 Å². The van der Waals surface area contributed by atoms with E-state index in [1.54, 1.807) is 0 Å². The largest absolute Gasteiger partial charge is 0.545 e. The molecule has 0 radical (unpaired) electrons. The maximum atomic E-state index is 9.41. The Labute approximate surface area is 148 Å². The van der Waals surface area contributed by atoms with Gasteiger partial charge in [0.1, 0.15) is 0 Å². The monoisotopic (exact) mass is 346 g/mol. The molecule has 6 nitrogen and oxygen atoms in total. The van der Waals surface area contributed by atoms with Crippen molar-refractivity contribution >= 4 is 11.9 Å². The smallest absolute Gasteiger partial charge is 0.0755 e. The fourth-order valence-electron chi connectivity index (χ4n) is 1.48. The summed E-state index contributed by atoms with van der Waals surface area (Å²) in [6.07, 6.45) is 0.769. The normalized spacial score (nSPS) is 11.2. The molecule has 0 amide bonds. The molecule has 0 aliphatic heterocycles. The number of rotatable bonds is 8. The first-order chi connectivity index (χ1) is 11.0. The third-order valence-corrected chi connectivity index (χ3v) is 4.94. The van der Waals surface area contributed by atoms with E-state index >= 15 is 0 Å². The SMILES string of the molecule is CC[N+](C)(CC)CC.CC[N+](C)(CC)CC.O=C([O-])C=CC(=O)[O-]. The number of hydrogen-bond acceptors (Lipinski definition) is 4. The summed E-state index contributed by atoms with van der Waals surface area (Å²) in [5.74, 6) is -3.09. The molecule has 0 unspecified atom stereocenters. The van der Waals surface area contributed by atoms with Gasteiger partial charge in [0.15, 0.2) is 0 Å². The Balaban J connectivity index is -0.000000276. The molecule has 0 bridgehead atoms. The third-order valence-electron chi connectivity index (χ3n) is 4.94. The lowest BCUT2D eigenvalue weighted by Crippen LogP contribution is -2.42. The van der Waals surface area contributed by atoms with Gasteiger partial charge in [-0.25, -0.2) is 0 Å². The lowest BCUT2D eigenvalue weighted by molar-refractivity contribution is -0.904. The second kappa shape index (κ2) is 15.1. The number of quaternary nitrogens is 2. The van der Waals surface area contributed by atoms with E-state index in [4.69, 9.17) is 0 Å². The summed E-state index contributed by atoms with van der Waals surface area (Å²) in [6.45, 7) is 21.0. The first-order valence-electron chi connectivity index (χ1n) is 8.76. The first kappa shape index (κ1) is 27.4.